The molecule has 0 aliphatic carbocycles. The van der Waals surface area contributed by atoms with E-state index in [-0.39, 0.29) is 6.61 Å². The Bertz CT molecular complexity index is 342. The predicted molar refractivity (Wildman–Crippen MR) is 71.6 cm³/mol. The molecule has 1 aromatic carbocycles. The maximum absolute atomic E-state index is 8.87. The molecule has 0 aromatic heterocycles. The van der Waals surface area contributed by atoms with Gasteiger partial charge in [-0.2, -0.15) is 0 Å². The van der Waals surface area contributed by atoms with Crippen LogP contribution in [-0.4, -0.2) is 31.4 Å². The Labute approximate surface area is 103 Å². The SMILES string of the molecule is CCOc1cc(N(CC)CCCO)ccc1N. The van der Waals surface area contributed by atoms with E-state index in [1.165, 1.54) is 0 Å². The van der Waals surface area contributed by atoms with Gasteiger partial charge >= 0.3 is 0 Å². The largest absolute Gasteiger partial charge is 0.492 e. The summed E-state index contributed by atoms with van der Waals surface area (Å²) in [5.74, 6) is 0.729. The number of aliphatic hydroxyl groups is 1. The average Bonchev–Trinajstić information content (AvgIpc) is 2.34. The molecule has 0 spiro atoms. The Hall–Kier alpha value is -1.42. The van der Waals surface area contributed by atoms with Crippen LogP contribution in [0.3, 0.4) is 0 Å². The topological polar surface area (TPSA) is 58.7 Å². The van der Waals surface area contributed by atoms with Gasteiger partial charge < -0.3 is 20.5 Å². The molecule has 0 atom stereocenters. The number of nitrogen functional groups attached to an aromatic ring is 1. The molecule has 0 unspecified atom stereocenters. The minimum Gasteiger partial charge on any atom is -0.492 e. The van der Waals surface area contributed by atoms with Gasteiger partial charge in [0.25, 0.3) is 0 Å². The number of nitrogens with two attached hydrogens (primary N) is 1. The van der Waals surface area contributed by atoms with Crippen LogP contribution in [0.4, 0.5) is 11.4 Å². The summed E-state index contributed by atoms with van der Waals surface area (Å²) < 4.78 is 5.48. The highest BCUT2D eigenvalue weighted by Crippen LogP contribution is 2.27. The van der Waals surface area contributed by atoms with Crippen LogP contribution in [0.15, 0.2) is 18.2 Å². The average molecular weight is 238 g/mol. The fraction of sp³-hybridized carbons (Fsp3) is 0.538. The van der Waals surface area contributed by atoms with Crippen molar-refractivity contribution < 1.29 is 9.84 Å². The smallest absolute Gasteiger partial charge is 0.144 e. The molecular formula is C13H22N2O2. The third-order valence-electron chi connectivity index (χ3n) is 2.63. The van der Waals surface area contributed by atoms with E-state index in [2.05, 4.69) is 11.8 Å². The summed E-state index contributed by atoms with van der Waals surface area (Å²) in [5.41, 5.74) is 7.58. The lowest BCUT2D eigenvalue weighted by molar-refractivity contribution is 0.289. The maximum Gasteiger partial charge on any atom is 0.144 e. The highest BCUT2D eigenvalue weighted by Gasteiger charge is 2.07. The van der Waals surface area contributed by atoms with Crippen molar-refractivity contribution in [2.24, 2.45) is 0 Å². The third kappa shape index (κ3) is 3.82. The summed E-state index contributed by atoms with van der Waals surface area (Å²) >= 11 is 0. The van der Waals surface area contributed by atoms with Gasteiger partial charge in [0.1, 0.15) is 5.75 Å². The zero-order valence-electron chi connectivity index (χ0n) is 10.6. The second-order valence-corrected chi connectivity index (χ2v) is 3.81. The van der Waals surface area contributed by atoms with E-state index in [0.29, 0.717) is 12.3 Å². The molecule has 0 radical (unpaired) electrons. The Morgan fingerprint density at radius 3 is 2.71 bits per heavy atom. The van der Waals surface area contributed by atoms with Crippen LogP contribution in [0.25, 0.3) is 0 Å². The number of hydrogen-bond acceptors (Lipinski definition) is 4. The monoisotopic (exact) mass is 238 g/mol. The Morgan fingerprint density at radius 2 is 2.12 bits per heavy atom. The van der Waals surface area contributed by atoms with E-state index in [4.69, 9.17) is 15.6 Å². The van der Waals surface area contributed by atoms with Gasteiger partial charge in [0.05, 0.1) is 12.3 Å². The minimum atomic E-state index is 0.212. The molecule has 1 rings (SSSR count). The third-order valence-corrected chi connectivity index (χ3v) is 2.63. The molecule has 1 aromatic rings. The minimum absolute atomic E-state index is 0.212. The highest BCUT2D eigenvalue weighted by atomic mass is 16.5. The lowest BCUT2D eigenvalue weighted by atomic mass is 10.2. The summed E-state index contributed by atoms with van der Waals surface area (Å²) in [5, 5.41) is 8.87. The van der Waals surface area contributed by atoms with E-state index in [9.17, 15) is 0 Å². The molecule has 0 fully saturated rings. The van der Waals surface area contributed by atoms with E-state index in [0.717, 1.165) is 30.9 Å². The zero-order valence-corrected chi connectivity index (χ0v) is 10.6. The molecule has 4 heteroatoms. The number of rotatable bonds is 7. The van der Waals surface area contributed by atoms with Crippen molar-refractivity contribution in [1.82, 2.24) is 0 Å². The van der Waals surface area contributed by atoms with Crippen molar-refractivity contribution in [3.63, 3.8) is 0 Å². The molecule has 3 N–H and O–H groups in total. The zero-order chi connectivity index (χ0) is 12.7. The van der Waals surface area contributed by atoms with E-state index in [1.807, 2.05) is 25.1 Å². The highest BCUT2D eigenvalue weighted by molar-refractivity contribution is 5.62. The molecule has 96 valence electrons. The Balaban J connectivity index is 2.84. The van der Waals surface area contributed by atoms with Crippen molar-refractivity contribution in [1.29, 1.82) is 0 Å². The summed E-state index contributed by atoms with van der Waals surface area (Å²) in [6.45, 7) is 6.59. The number of aliphatic hydroxyl groups excluding tert-OH is 1. The standard InChI is InChI=1S/C13H22N2O2/c1-3-15(8-5-9-16)11-6-7-12(14)13(10-11)17-4-2/h6-7,10,16H,3-5,8-9,14H2,1-2H3. The molecule has 17 heavy (non-hydrogen) atoms. The first-order chi connectivity index (χ1) is 8.22. The fourth-order valence-electron chi connectivity index (χ4n) is 1.73. The molecule has 0 saturated carbocycles. The normalized spacial score (nSPS) is 10.3. The molecule has 0 bridgehead atoms. The second-order valence-electron chi connectivity index (χ2n) is 3.81. The Kier molecular flexibility index (Phi) is 5.63. The molecule has 0 saturated heterocycles. The van der Waals surface area contributed by atoms with Gasteiger partial charge in [0.15, 0.2) is 0 Å². The van der Waals surface area contributed by atoms with Crippen LogP contribution in [-0.2, 0) is 0 Å². The van der Waals surface area contributed by atoms with Crippen LogP contribution in [0.5, 0.6) is 5.75 Å². The number of anilines is 2. The van der Waals surface area contributed by atoms with Crippen LogP contribution in [0, 0.1) is 0 Å². The molecule has 0 amide bonds. The van der Waals surface area contributed by atoms with Crippen molar-refractivity contribution in [2.45, 2.75) is 20.3 Å². The van der Waals surface area contributed by atoms with Gasteiger partial charge in [0, 0.05) is 31.5 Å². The van der Waals surface area contributed by atoms with Crippen LogP contribution in [0.1, 0.15) is 20.3 Å². The summed E-state index contributed by atoms with van der Waals surface area (Å²) in [4.78, 5) is 2.19. The number of benzene rings is 1. The van der Waals surface area contributed by atoms with Gasteiger partial charge in [-0.3, -0.25) is 0 Å². The number of ether oxygens (including phenoxy) is 1. The van der Waals surface area contributed by atoms with Crippen LogP contribution in [0.2, 0.25) is 0 Å². The van der Waals surface area contributed by atoms with E-state index in [1.54, 1.807) is 0 Å². The number of nitrogens with zero attached hydrogens (tertiary/aromatic N) is 1. The van der Waals surface area contributed by atoms with Crippen molar-refractivity contribution in [3.8, 4) is 5.75 Å². The van der Waals surface area contributed by atoms with Gasteiger partial charge in [-0.15, -0.1) is 0 Å². The molecule has 0 aliphatic heterocycles. The maximum atomic E-state index is 8.87. The fourth-order valence-corrected chi connectivity index (χ4v) is 1.73. The molecule has 4 nitrogen and oxygen atoms in total. The van der Waals surface area contributed by atoms with Crippen LogP contribution < -0.4 is 15.4 Å². The second kappa shape index (κ2) is 7.01. The molecule has 0 aliphatic rings. The first-order valence-electron chi connectivity index (χ1n) is 6.11. The van der Waals surface area contributed by atoms with Gasteiger partial charge in [-0.1, -0.05) is 0 Å². The van der Waals surface area contributed by atoms with Gasteiger partial charge in [0.2, 0.25) is 0 Å². The molecule has 0 heterocycles. The lowest BCUT2D eigenvalue weighted by Gasteiger charge is -2.23. The first-order valence-corrected chi connectivity index (χ1v) is 6.11. The summed E-state index contributed by atoms with van der Waals surface area (Å²) in [6, 6.07) is 5.81. The van der Waals surface area contributed by atoms with Crippen molar-refractivity contribution in [2.75, 3.05) is 36.9 Å². The van der Waals surface area contributed by atoms with E-state index < -0.39 is 0 Å². The quantitative estimate of drug-likeness (QED) is 0.712. The van der Waals surface area contributed by atoms with Gasteiger partial charge in [-0.05, 0) is 32.4 Å². The van der Waals surface area contributed by atoms with Gasteiger partial charge in [-0.25, -0.2) is 0 Å². The molecular weight excluding hydrogens is 216 g/mol. The lowest BCUT2D eigenvalue weighted by Crippen LogP contribution is -2.24. The Morgan fingerprint density at radius 1 is 1.35 bits per heavy atom. The summed E-state index contributed by atoms with van der Waals surface area (Å²) in [6.07, 6.45) is 0.766. The number of hydrogen-bond donors (Lipinski definition) is 2. The first kappa shape index (κ1) is 13.6. The predicted octanol–water partition coefficient (Wildman–Crippen LogP) is 1.88. The van der Waals surface area contributed by atoms with Crippen molar-refractivity contribution >= 4 is 11.4 Å². The van der Waals surface area contributed by atoms with E-state index >= 15 is 0 Å². The van der Waals surface area contributed by atoms with Crippen molar-refractivity contribution in [3.05, 3.63) is 18.2 Å². The van der Waals surface area contributed by atoms with Crippen LogP contribution >= 0.6 is 0 Å². The summed E-state index contributed by atoms with van der Waals surface area (Å²) in [7, 11) is 0.